The van der Waals surface area contributed by atoms with Gasteiger partial charge in [0.25, 0.3) is 0 Å². The van der Waals surface area contributed by atoms with E-state index in [1.807, 2.05) is 0 Å². The zero-order valence-corrected chi connectivity index (χ0v) is 14.7. The largest absolute Gasteiger partial charge is 0.310 e. The summed E-state index contributed by atoms with van der Waals surface area (Å²) in [6.45, 7) is 5.74. The second kappa shape index (κ2) is 7.06. The number of rotatable bonds is 6. The summed E-state index contributed by atoms with van der Waals surface area (Å²) in [6, 6.07) is 10.0. The summed E-state index contributed by atoms with van der Waals surface area (Å²) in [5.41, 5.74) is 1.48. The number of benzene rings is 1. The molecular formula is C17H27BrN2. The highest BCUT2D eigenvalue weighted by atomic mass is 79.9. The first-order chi connectivity index (χ1) is 9.45. The zero-order valence-electron chi connectivity index (χ0n) is 13.1. The minimum Gasteiger partial charge on any atom is -0.310 e. The minimum absolute atomic E-state index is 0.596. The Kier molecular flexibility index (Phi) is 5.65. The fraction of sp³-hybridized carbons (Fsp3) is 0.647. The summed E-state index contributed by atoms with van der Waals surface area (Å²) >= 11 is 3.56. The van der Waals surface area contributed by atoms with Gasteiger partial charge in [-0.1, -0.05) is 41.9 Å². The van der Waals surface area contributed by atoms with Crippen LogP contribution in [0.15, 0.2) is 28.7 Å². The van der Waals surface area contributed by atoms with E-state index in [0.29, 0.717) is 18.0 Å². The van der Waals surface area contributed by atoms with E-state index in [2.05, 4.69) is 78.4 Å². The summed E-state index contributed by atoms with van der Waals surface area (Å²) in [4.78, 5) is 2.28. The molecule has 0 spiro atoms. The molecule has 1 N–H and O–H groups in total. The predicted octanol–water partition coefficient (Wildman–Crippen LogP) is 3.87. The van der Waals surface area contributed by atoms with Crippen molar-refractivity contribution in [2.24, 2.45) is 5.92 Å². The van der Waals surface area contributed by atoms with Crippen molar-refractivity contribution in [2.45, 2.75) is 44.7 Å². The molecule has 0 saturated heterocycles. The molecule has 1 fully saturated rings. The van der Waals surface area contributed by atoms with Crippen LogP contribution in [0.25, 0.3) is 0 Å². The maximum absolute atomic E-state index is 3.85. The van der Waals surface area contributed by atoms with Crippen LogP contribution in [0.3, 0.4) is 0 Å². The highest BCUT2D eigenvalue weighted by Crippen LogP contribution is 2.38. The van der Waals surface area contributed by atoms with Crippen molar-refractivity contribution in [2.75, 3.05) is 20.6 Å². The van der Waals surface area contributed by atoms with Crippen molar-refractivity contribution in [1.29, 1.82) is 0 Å². The van der Waals surface area contributed by atoms with E-state index in [4.69, 9.17) is 0 Å². The van der Waals surface area contributed by atoms with Crippen molar-refractivity contribution >= 4 is 15.9 Å². The molecule has 1 aliphatic carbocycles. The van der Waals surface area contributed by atoms with Gasteiger partial charge in [0.15, 0.2) is 0 Å². The van der Waals surface area contributed by atoms with Crippen LogP contribution in [0, 0.1) is 5.92 Å². The lowest BCUT2D eigenvalue weighted by atomic mass is 9.75. The molecule has 2 rings (SSSR count). The van der Waals surface area contributed by atoms with Crippen LogP contribution in [0.1, 0.15) is 38.2 Å². The first-order valence-electron chi connectivity index (χ1n) is 7.62. The van der Waals surface area contributed by atoms with Gasteiger partial charge in [-0.05, 0) is 56.5 Å². The van der Waals surface area contributed by atoms with Gasteiger partial charge in [-0.2, -0.15) is 0 Å². The Morgan fingerprint density at radius 2 is 2.00 bits per heavy atom. The topological polar surface area (TPSA) is 15.3 Å². The molecule has 112 valence electrons. The van der Waals surface area contributed by atoms with E-state index in [0.717, 1.165) is 12.5 Å². The maximum atomic E-state index is 3.85. The van der Waals surface area contributed by atoms with Gasteiger partial charge in [0.05, 0.1) is 0 Å². The number of hydrogen-bond donors (Lipinski definition) is 1. The molecule has 20 heavy (non-hydrogen) atoms. The highest BCUT2D eigenvalue weighted by Gasteiger charge is 2.32. The molecule has 0 bridgehead atoms. The number of halogens is 1. The van der Waals surface area contributed by atoms with Gasteiger partial charge in [-0.25, -0.2) is 0 Å². The smallest absolute Gasteiger partial charge is 0.0220 e. The monoisotopic (exact) mass is 338 g/mol. The molecule has 1 aliphatic rings. The van der Waals surface area contributed by atoms with Crippen molar-refractivity contribution < 1.29 is 0 Å². The Hall–Kier alpha value is -0.380. The lowest BCUT2D eigenvalue weighted by Crippen LogP contribution is -2.51. The average Bonchev–Trinajstić information content (AvgIpc) is 2.30. The predicted molar refractivity (Wildman–Crippen MR) is 90.2 cm³/mol. The van der Waals surface area contributed by atoms with Gasteiger partial charge >= 0.3 is 0 Å². The summed E-state index contributed by atoms with van der Waals surface area (Å²) in [5, 5.41) is 3.85. The van der Waals surface area contributed by atoms with E-state index < -0.39 is 0 Å². The molecular weight excluding hydrogens is 312 g/mol. The average molecular weight is 339 g/mol. The number of likely N-dealkylation sites (N-methyl/N-ethyl adjacent to an activating group) is 1. The van der Waals surface area contributed by atoms with Gasteiger partial charge in [0.1, 0.15) is 0 Å². The molecule has 0 aromatic heterocycles. The fourth-order valence-electron chi connectivity index (χ4n) is 2.94. The van der Waals surface area contributed by atoms with E-state index in [1.54, 1.807) is 0 Å². The maximum Gasteiger partial charge on any atom is 0.0220 e. The van der Waals surface area contributed by atoms with Gasteiger partial charge in [-0.15, -0.1) is 0 Å². The third-order valence-electron chi connectivity index (χ3n) is 4.27. The zero-order chi connectivity index (χ0) is 14.7. The van der Waals surface area contributed by atoms with Crippen LogP contribution in [0.4, 0.5) is 0 Å². The molecule has 0 aliphatic heterocycles. The standard InChI is InChI=1S/C17H27BrN2/c1-12(2)17(11-20(3)4)19-16-9-14(10-16)13-6-5-7-15(18)8-13/h5-8,12,14,16-17,19H,9-11H2,1-4H3. The molecule has 1 saturated carbocycles. The second-order valence-corrected chi connectivity index (χ2v) is 7.62. The van der Waals surface area contributed by atoms with E-state index >= 15 is 0 Å². The second-order valence-electron chi connectivity index (χ2n) is 6.70. The van der Waals surface area contributed by atoms with E-state index in [9.17, 15) is 0 Å². The quantitative estimate of drug-likeness (QED) is 0.846. The van der Waals surface area contributed by atoms with Crippen molar-refractivity contribution in [3.63, 3.8) is 0 Å². The Morgan fingerprint density at radius 1 is 1.30 bits per heavy atom. The molecule has 0 radical (unpaired) electrons. The number of hydrogen-bond acceptors (Lipinski definition) is 2. The minimum atomic E-state index is 0.596. The van der Waals surface area contributed by atoms with Crippen LogP contribution < -0.4 is 5.32 Å². The summed E-state index contributed by atoms with van der Waals surface area (Å²) in [7, 11) is 4.31. The summed E-state index contributed by atoms with van der Waals surface area (Å²) in [5.74, 6) is 1.42. The first-order valence-corrected chi connectivity index (χ1v) is 8.41. The Bertz CT molecular complexity index is 425. The molecule has 1 aromatic rings. The van der Waals surface area contributed by atoms with E-state index in [1.165, 1.54) is 22.9 Å². The van der Waals surface area contributed by atoms with Gasteiger partial charge < -0.3 is 10.2 Å². The van der Waals surface area contributed by atoms with Crippen molar-refractivity contribution in [3.8, 4) is 0 Å². The molecule has 2 nitrogen and oxygen atoms in total. The summed E-state index contributed by atoms with van der Waals surface area (Å²) in [6.07, 6.45) is 2.54. The molecule has 1 aromatic carbocycles. The third-order valence-corrected chi connectivity index (χ3v) is 4.77. The number of nitrogens with one attached hydrogen (secondary N) is 1. The Morgan fingerprint density at radius 3 is 2.55 bits per heavy atom. The van der Waals surface area contributed by atoms with Crippen molar-refractivity contribution in [3.05, 3.63) is 34.3 Å². The lowest BCUT2D eigenvalue weighted by Gasteiger charge is -2.40. The normalized spacial score (nSPS) is 23.9. The van der Waals surface area contributed by atoms with Crippen LogP contribution in [0.5, 0.6) is 0 Å². The molecule has 0 amide bonds. The lowest BCUT2D eigenvalue weighted by molar-refractivity contribution is 0.210. The molecule has 1 atom stereocenters. The highest BCUT2D eigenvalue weighted by molar-refractivity contribution is 9.10. The Labute approximate surface area is 132 Å². The van der Waals surface area contributed by atoms with Gasteiger partial charge in [0.2, 0.25) is 0 Å². The SMILES string of the molecule is CC(C)C(CN(C)C)NC1CC(c2cccc(Br)c2)C1. The first kappa shape index (κ1) is 16.0. The van der Waals surface area contributed by atoms with Crippen LogP contribution in [0.2, 0.25) is 0 Å². The third kappa shape index (κ3) is 4.31. The van der Waals surface area contributed by atoms with E-state index in [-0.39, 0.29) is 0 Å². The van der Waals surface area contributed by atoms with Crippen molar-refractivity contribution in [1.82, 2.24) is 10.2 Å². The molecule has 1 unspecified atom stereocenters. The van der Waals surface area contributed by atoms with Crippen LogP contribution in [-0.2, 0) is 0 Å². The molecule has 0 heterocycles. The molecule has 3 heteroatoms. The Balaban J connectivity index is 1.83. The van der Waals surface area contributed by atoms with Gasteiger partial charge in [-0.3, -0.25) is 0 Å². The fourth-order valence-corrected chi connectivity index (χ4v) is 3.36. The van der Waals surface area contributed by atoms with Crippen LogP contribution >= 0.6 is 15.9 Å². The van der Waals surface area contributed by atoms with Crippen LogP contribution in [-0.4, -0.2) is 37.6 Å². The number of nitrogens with zero attached hydrogens (tertiary/aromatic N) is 1. The summed E-state index contributed by atoms with van der Waals surface area (Å²) < 4.78 is 1.19. The van der Waals surface area contributed by atoms with Gasteiger partial charge in [0, 0.05) is 23.1 Å².